The summed E-state index contributed by atoms with van der Waals surface area (Å²) in [5.41, 5.74) is 0. The zero-order chi connectivity index (χ0) is 13.7. The molecule has 1 atom stereocenters. The largest absolute Gasteiger partial charge is 0.491 e. The SMILES string of the molecule is CN1CCN(C[C@@H](O)COc2ccc(F)cc2)CC1. The zero-order valence-electron chi connectivity index (χ0n) is 11.3. The molecule has 1 aliphatic rings. The molecule has 1 aliphatic heterocycles. The van der Waals surface area contributed by atoms with Gasteiger partial charge in [0.2, 0.25) is 0 Å². The van der Waals surface area contributed by atoms with Gasteiger partial charge in [0.15, 0.2) is 0 Å². The Balaban J connectivity index is 1.69. The number of benzene rings is 1. The minimum absolute atomic E-state index is 0.234. The van der Waals surface area contributed by atoms with Crippen molar-refractivity contribution in [3.8, 4) is 5.75 Å². The molecule has 4 nitrogen and oxygen atoms in total. The van der Waals surface area contributed by atoms with Gasteiger partial charge in [-0.1, -0.05) is 0 Å². The molecule has 1 aromatic carbocycles. The van der Waals surface area contributed by atoms with Crippen molar-refractivity contribution in [3.05, 3.63) is 30.1 Å². The van der Waals surface area contributed by atoms with Crippen molar-refractivity contribution in [1.29, 1.82) is 0 Å². The molecule has 0 aromatic heterocycles. The number of aliphatic hydroxyl groups excluding tert-OH is 1. The number of likely N-dealkylation sites (N-methyl/N-ethyl adjacent to an activating group) is 1. The van der Waals surface area contributed by atoms with E-state index in [1.54, 1.807) is 12.1 Å². The summed E-state index contributed by atoms with van der Waals surface area (Å²) in [5.74, 6) is 0.296. The first-order valence-electron chi connectivity index (χ1n) is 6.61. The van der Waals surface area contributed by atoms with Crippen molar-refractivity contribution in [2.45, 2.75) is 6.10 Å². The van der Waals surface area contributed by atoms with E-state index >= 15 is 0 Å². The third-order valence-electron chi connectivity index (χ3n) is 3.32. The molecular weight excluding hydrogens is 247 g/mol. The van der Waals surface area contributed by atoms with Crippen LogP contribution < -0.4 is 4.74 Å². The Bertz CT molecular complexity index is 378. The molecule has 1 fully saturated rings. The summed E-state index contributed by atoms with van der Waals surface area (Å²) < 4.78 is 18.1. The average Bonchev–Trinajstić information content (AvgIpc) is 2.41. The lowest BCUT2D eigenvalue weighted by molar-refractivity contribution is 0.0504. The van der Waals surface area contributed by atoms with E-state index in [4.69, 9.17) is 4.74 Å². The molecule has 1 N–H and O–H groups in total. The van der Waals surface area contributed by atoms with Crippen molar-refractivity contribution < 1.29 is 14.2 Å². The molecule has 0 aliphatic carbocycles. The fourth-order valence-corrected chi connectivity index (χ4v) is 2.10. The first kappa shape index (κ1) is 14.2. The fourth-order valence-electron chi connectivity index (χ4n) is 2.10. The van der Waals surface area contributed by atoms with Gasteiger partial charge in [-0.05, 0) is 31.3 Å². The molecule has 2 rings (SSSR count). The molecule has 1 saturated heterocycles. The summed E-state index contributed by atoms with van der Waals surface area (Å²) in [4.78, 5) is 4.51. The molecule has 0 radical (unpaired) electrons. The van der Waals surface area contributed by atoms with E-state index in [2.05, 4.69) is 16.8 Å². The number of piperazine rings is 1. The summed E-state index contributed by atoms with van der Waals surface area (Å²) in [6.45, 7) is 4.87. The maximum atomic E-state index is 12.7. The van der Waals surface area contributed by atoms with E-state index in [1.165, 1.54) is 12.1 Å². The van der Waals surface area contributed by atoms with Crippen molar-refractivity contribution in [1.82, 2.24) is 9.80 Å². The second kappa shape index (κ2) is 6.84. The van der Waals surface area contributed by atoms with E-state index in [0.29, 0.717) is 12.3 Å². The quantitative estimate of drug-likeness (QED) is 0.857. The Kier molecular flexibility index (Phi) is 5.13. The number of ether oxygens (including phenoxy) is 1. The highest BCUT2D eigenvalue weighted by molar-refractivity contribution is 5.22. The van der Waals surface area contributed by atoms with Crippen LogP contribution in [0.4, 0.5) is 4.39 Å². The van der Waals surface area contributed by atoms with E-state index in [9.17, 15) is 9.50 Å². The van der Waals surface area contributed by atoms with E-state index in [-0.39, 0.29) is 12.4 Å². The van der Waals surface area contributed by atoms with Crippen LogP contribution in [0, 0.1) is 5.82 Å². The zero-order valence-corrected chi connectivity index (χ0v) is 11.3. The smallest absolute Gasteiger partial charge is 0.123 e. The maximum Gasteiger partial charge on any atom is 0.123 e. The van der Waals surface area contributed by atoms with E-state index in [1.807, 2.05) is 0 Å². The number of hydrogen-bond donors (Lipinski definition) is 1. The van der Waals surface area contributed by atoms with Gasteiger partial charge in [0, 0.05) is 32.7 Å². The molecule has 0 spiro atoms. The Morgan fingerprint density at radius 1 is 1.21 bits per heavy atom. The van der Waals surface area contributed by atoms with Crippen molar-refractivity contribution in [2.24, 2.45) is 0 Å². The number of nitrogens with zero attached hydrogens (tertiary/aromatic N) is 2. The van der Waals surface area contributed by atoms with Crippen molar-refractivity contribution >= 4 is 0 Å². The van der Waals surface area contributed by atoms with Gasteiger partial charge in [-0.25, -0.2) is 4.39 Å². The van der Waals surface area contributed by atoms with Crippen LogP contribution in [0.1, 0.15) is 0 Å². The molecule has 106 valence electrons. The summed E-state index contributed by atoms with van der Waals surface area (Å²) >= 11 is 0. The van der Waals surface area contributed by atoms with Gasteiger partial charge in [0.25, 0.3) is 0 Å². The summed E-state index contributed by atoms with van der Waals surface area (Å²) in [7, 11) is 2.10. The van der Waals surface area contributed by atoms with Gasteiger partial charge in [0.1, 0.15) is 24.3 Å². The molecule has 5 heteroatoms. The Hall–Kier alpha value is -1.17. The van der Waals surface area contributed by atoms with Crippen LogP contribution in [-0.2, 0) is 0 Å². The van der Waals surface area contributed by atoms with Gasteiger partial charge in [-0.3, -0.25) is 4.90 Å². The standard InChI is InChI=1S/C14H21FN2O2/c1-16-6-8-17(9-7-16)10-13(18)11-19-14-4-2-12(15)3-5-14/h2-5,13,18H,6-11H2,1H3/t13-/m1/s1. The Morgan fingerprint density at radius 2 is 1.84 bits per heavy atom. The molecule has 0 amide bonds. The molecule has 1 heterocycles. The third kappa shape index (κ3) is 4.78. The van der Waals surface area contributed by atoms with Crippen LogP contribution in [0.15, 0.2) is 24.3 Å². The van der Waals surface area contributed by atoms with Gasteiger partial charge in [-0.2, -0.15) is 0 Å². The molecule has 0 saturated carbocycles. The van der Waals surface area contributed by atoms with E-state index in [0.717, 1.165) is 26.2 Å². The van der Waals surface area contributed by atoms with Crippen LogP contribution in [0.2, 0.25) is 0 Å². The molecule has 0 unspecified atom stereocenters. The Labute approximate surface area is 113 Å². The molecular formula is C14H21FN2O2. The van der Waals surface area contributed by atoms with E-state index < -0.39 is 6.10 Å². The maximum absolute atomic E-state index is 12.7. The fraction of sp³-hybridized carbons (Fsp3) is 0.571. The van der Waals surface area contributed by atoms with Crippen molar-refractivity contribution in [3.63, 3.8) is 0 Å². The van der Waals surface area contributed by atoms with Gasteiger partial charge in [-0.15, -0.1) is 0 Å². The predicted octanol–water partition coefficient (Wildman–Crippen LogP) is 0.813. The lowest BCUT2D eigenvalue weighted by atomic mass is 10.3. The summed E-state index contributed by atoms with van der Waals surface area (Å²) in [6.07, 6.45) is -0.520. The number of rotatable bonds is 5. The molecule has 19 heavy (non-hydrogen) atoms. The number of hydrogen-bond acceptors (Lipinski definition) is 4. The number of halogens is 1. The molecule has 0 bridgehead atoms. The van der Waals surface area contributed by atoms with Gasteiger partial charge < -0.3 is 14.7 Å². The third-order valence-corrected chi connectivity index (χ3v) is 3.32. The topological polar surface area (TPSA) is 35.9 Å². The second-order valence-electron chi connectivity index (χ2n) is 5.02. The highest BCUT2D eigenvalue weighted by atomic mass is 19.1. The second-order valence-corrected chi connectivity index (χ2v) is 5.02. The van der Waals surface area contributed by atoms with Crippen LogP contribution >= 0.6 is 0 Å². The monoisotopic (exact) mass is 268 g/mol. The first-order valence-corrected chi connectivity index (χ1v) is 6.61. The lowest BCUT2D eigenvalue weighted by Crippen LogP contribution is -2.47. The van der Waals surface area contributed by atoms with Crippen LogP contribution in [0.3, 0.4) is 0 Å². The van der Waals surface area contributed by atoms with Crippen LogP contribution in [-0.4, -0.2) is 67.4 Å². The number of β-amino-alcohol motifs (C(OH)–C–C–N with tert-alkyl or cyclic N) is 1. The minimum Gasteiger partial charge on any atom is -0.491 e. The minimum atomic E-state index is -0.520. The van der Waals surface area contributed by atoms with Crippen molar-refractivity contribution in [2.75, 3.05) is 46.4 Å². The highest BCUT2D eigenvalue weighted by Gasteiger charge is 2.17. The lowest BCUT2D eigenvalue weighted by Gasteiger charge is -2.33. The summed E-state index contributed by atoms with van der Waals surface area (Å²) in [5, 5.41) is 9.93. The average molecular weight is 268 g/mol. The Morgan fingerprint density at radius 3 is 2.47 bits per heavy atom. The molecule has 1 aromatic rings. The van der Waals surface area contributed by atoms with Crippen LogP contribution in [0.25, 0.3) is 0 Å². The normalized spacial score (nSPS) is 19.3. The van der Waals surface area contributed by atoms with Gasteiger partial charge >= 0.3 is 0 Å². The van der Waals surface area contributed by atoms with Gasteiger partial charge in [0.05, 0.1) is 0 Å². The first-order chi connectivity index (χ1) is 9.13. The highest BCUT2D eigenvalue weighted by Crippen LogP contribution is 2.11. The van der Waals surface area contributed by atoms with Crippen LogP contribution in [0.5, 0.6) is 5.75 Å². The predicted molar refractivity (Wildman–Crippen MR) is 71.8 cm³/mol. The number of aliphatic hydroxyl groups is 1. The summed E-state index contributed by atoms with van der Waals surface area (Å²) in [6, 6.07) is 5.83.